The predicted molar refractivity (Wildman–Crippen MR) is 167 cm³/mol. The first kappa shape index (κ1) is 28.8. The molecule has 1 aliphatic rings. The minimum Gasteiger partial charge on any atom is -0.507 e. The van der Waals surface area contributed by atoms with Gasteiger partial charge < -0.3 is 9.84 Å². The van der Waals surface area contributed by atoms with Gasteiger partial charge in [0.15, 0.2) is 11.6 Å². The Hall–Kier alpha value is -3.73. The van der Waals surface area contributed by atoms with Crippen LogP contribution in [0.15, 0.2) is 66.7 Å². The average Bonchev–Trinajstić information content (AvgIpc) is 3.23. The van der Waals surface area contributed by atoms with Gasteiger partial charge in [0.25, 0.3) is 0 Å². The van der Waals surface area contributed by atoms with Crippen molar-refractivity contribution < 1.29 is 9.84 Å². The first-order chi connectivity index (χ1) is 20.0. The third-order valence-corrected chi connectivity index (χ3v) is 8.34. The summed E-state index contributed by atoms with van der Waals surface area (Å²) in [6.07, 6.45) is 12.7. The molecule has 0 saturated heterocycles. The summed E-state index contributed by atoms with van der Waals surface area (Å²) in [5.74, 6) is 1.10. The van der Waals surface area contributed by atoms with E-state index in [0.717, 1.165) is 24.0 Å². The Labute approximate surface area is 245 Å². The summed E-state index contributed by atoms with van der Waals surface area (Å²) in [5, 5.41) is 10.6. The van der Waals surface area contributed by atoms with Crippen molar-refractivity contribution in [2.24, 2.45) is 0 Å². The van der Waals surface area contributed by atoms with Gasteiger partial charge in [0, 0.05) is 11.0 Å². The Balaban J connectivity index is 1.36. The van der Waals surface area contributed by atoms with Crippen LogP contribution in [0.4, 0.5) is 0 Å². The van der Waals surface area contributed by atoms with Crippen molar-refractivity contribution in [1.29, 1.82) is 0 Å². The second-order valence-electron chi connectivity index (χ2n) is 11.7. The first-order valence-electron chi connectivity index (χ1n) is 15.4. The summed E-state index contributed by atoms with van der Waals surface area (Å²) in [5.41, 5.74) is 6.31. The monoisotopic (exact) mass is 549 g/mol. The predicted octanol–water partition coefficient (Wildman–Crippen LogP) is 9.52. The third kappa shape index (κ3) is 6.45. The van der Waals surface area contributed by atoms with E-state index in [4.69, 9.17) is 14.7 Å². The van der Waals surface area contributed by atoms with Crippen molar-refractivity contribution in [3.63, 3.8) is 0 Å². The Morgan fingerprint density at radius 3 is 1.88 bits per heavy atom. The van der Waals surface area contributed by atoms with Crippen LogP contribution < -0.4 is 4.74 Å². The van der Waals surface area contributed by atoms with E-state index in [-0.39, 0.29) is 11.2 Å². The molecule has 0 atom stereocenters. The van der Waals surface area contributed by atoms with Crippen LogP contribution in [-0.2, 0) is 5.41 Å². The summed E-state index contributed by atoms with van der Waals surface area (Å²) in [6, 6.07) is 22.4. The highest BCUT2D eigenvalue weighted by molar-refractivity contribution is 5.91. The van der Waals surface area contributed by atoms with Gasteiger partial charge in [-0.1, -0.05) is 133 Å². The van der Waals surface area contributed by atoms with Crippen LogP contribution in [-0.4, -0.2) is 26.7 Å². The zero-order valence-electron chi connectivity index (χ0n) is 24.8. The molecule has 1 aliphatic carbocycles. The quantitative estimate of drug-likeness (QED) is 0.159. The number of fused-ring (bicyclic) bond motifs is 3. The lowest BCUT2D eigenvalue weighted by molar-refractivity contribution is 0.281. The fraction of sp³-hybridized carbons (Fsp3) is 0.417. The molecule has 5 heteroatoms. The number of nitrogens with zero attached hydrogens (tertiary/aromatic N) is 3. The molecule has 3 aromatic carbocycles. The summed E-state index contributed by atoms with van der Waals surface area (Å²) < 4.78 is 6.13. The zero-order valence-corrected chi connectivity index (χ0v) is 24.8. The highest BCUT2D eigenvalue weighted by Crippen LogP contribution is 2.51. The van der Waals surface area contributed by atoms with E-state index in [2.05, 4.69) is 68.2 Å². The van der Waals surface area contributed by atoms with Crippen LogP contribution in [0, 0.1) is 0 Å². The maximum Gasteiger partial charge on any atom is 0.320 e. The molecule has 0 fully saturated rings. The fourth-order valence-electron chi connectivity index (χ4n) is 6.02. The van der Waals surface area contributed by atoms with Gasteiger partial charge in [-0.15, -0.1) is 0 Å². The molecule has 0 aliphatic heterocycles. The Morgan fingerprint density at radius 1 is 0.610 bits per heavy atom. The van der Waals surface area contributed by atoms with Crippen molar-refractivity contribution in [3.8, 4) is 45.7 Å². The largest absolute Gasteiger partial charge is 0.507 e. The van der Waals surface area contributed by atoms with Gasteiger partial charge in [-0.3, -0.25) is 0 Å². The van der Waals surface area contributed by atoms with E-state index in [1.165, 1.54) is 68.1 Å². The maximum atomic E-state index is 10.6. The van der Waals surface area contributed by atoms with Gasteiger partial charge in [-0.2, -0.15) is 9.97 Å². The summed E-state index contributed by atoms with van der Waals surface area (Å²) >= 11 is 0. The van der Waals surface area contributed by atoms with E-state index in [1.54, 1.807) is 12.1 Å². The normalized spacial score (nSPS) is 13.1. The minimum atomic E-state index is -0.121. The molecule has 0 bridgehead atoms. The summed E-state index contributed by atoms with van der Waals surface area (Å²) in [4.78, 5) is 14.3. The highest BCUT2D eigenvalue weighted by atomic mass is 16.5. The second kappa shape index (κ2) is 13.3. The lowest BCUT2D eigenvalue weighted by atomic mass is 9.82. The van der Waals surface area contributed by atoms with E-state index in [0.29, 0.717) is 29.8 Å². The lowest BCUT2D eigenvalue weighted by Gasteiger charge is -2.21. The molecule has 5 nitrogen and oxygen atoms in total. The summed E-state index contributed by atoms with van der Waals surface area (Å²) in [7, 11) is 0. The van der Waals surface area contributed by atoms with Gasteiger partial charge in [0.1, 0.15) is 5.75 Å². The molecule has 0 spiro atoms. The van der Waals surface area contributed by atoms with Gasteiger partial charge in [0.2, 0.25) is 0 Å². The lowest BCUT2D eigenvalue weighted by Crippen LogP contribution is -2.14. The Kier molecular flexibility index (Phi) is 9.33. The number of aromatic hydroxyl groups is 1. The van der Waals surface area contributed by atoms with E-state index in [9.17, 15) is 5.11 Å². The molecular formula is C36H43N3O2. The van der Waals surface area contributed by atoms with Crippen molar-refractivity contribution in [2.45, 2.75) is 90.4 Å². The molecule has 0 radical (unpaired) electrons. The number of phenols is 1. The molecule has 0 unspecified atom stereocenters. The number of hydrogen-bond donors (Lipinski definition) is 1. The molecule has 4 aromatic rings. The van der Waals surface area contributed by atoms with Crippen LogP contribution in [0.1, 0.15) is 96.1 Å². The number of hydrogen-bond acceptors (Lipinski definition) is 5. The van der Waals surface area contributed by atoms with E-state index < -0.39 is 0 Å². The molecule has 0 amide bonds. The van der Waals surface area contributed by atoms with Gasteiger partial charge in [0.05, 0.1) is 12.2 Å². The van der Waals surface area contributed by atoms with Gasteiger partial charge in [-0.25, -0.2) is 4.98 Å². The summed E-state index contributed by atoms with van der Waals surface area (Å²) in [6.45, 7) is 7.36. The van der Waals surface area contributed by atoms with Crippen molar-refractivity contribution in [3.05, 3.63) is 77.9 Å². The molecule has 1 aromatic heterocycles. The number of rotatable bonds is 14. The van der Waals surface area contributed by atoms with Crippen LogP contribution in [0.5, 0.6) is 11.8 Å². The van der Waals surface area contributed by atoms with Crippen molar-refractivity contribution in [1.82, 2.24) is 15.0 Å². The molecule has 214 valence electrons. The molecule has 0 saturated carbocycles. The van der Waals surface area contributed by atoms with Gasteiger partial charge in [-0.05, 0) is 40.8 Å². The zero-order chi connectivity index (χ0) is 28.7. The maximum absolute atomic E-state index is 10.6. The molecule has 41 heavy (non-hydrogen) atoms. The fourth-order valence-corrected chi connectivity index (χ4v) is 6.02. The smallest absolute Gasteiger partial charge is 0.320 e. The third-order valence-electron chi connectivity index (χ3n) is 8.34. The molecular weight excluding hydrogens is 506 g/mol. The standard InChI is InChI=1S/C36H43N3O2/c1-4-5-6-7-8-9-10-11-12-17-25-41-35-38-33(27-20-14-16-24-31(27)40)37-34(39-35)28-21-18-23-30-32(28)26-19-13-15-22-29(26)36(30,2)3/h13-16,18-24,40H,4-12,17,25H2,1-3H3. The number of aromatic nitrogens is 3. The van der Waals surface area contributed by atoms with Crippen LogP contribution in [0.3, 0.4) is 0 Å². The topological polar surface area (TPSA) is 68.1 Å². The number of ether oxygens (including phenoxy) is 1. The van der Waals surface area contributed by atoms with Crippen LogP contribution in [0.2, 0.25) is 0 Å². The SMILES string of the molecule is CCCCCCCCCCCCOc1nc(-c2ccccc2O)nc(-c2cccc3c2-c2ccccc2C3(C)C)n1. The van der Waals surface area contributed by atoms with E-state index in [1.807, 2.05) is 12.1 Å². The Morgan fingerprint density at radius 2 is 1.17 bits per heavy atom. The van der Waals surface area contributed by atoms with Crippen molar-refractivity contribution in [2.75, 3.05) is 6.61 Å². The average molecular weight is 550 g/mol. The molecule has 1 heterocycles. The highest BCUT2D eigenvalue weighted by Gasteiger charge is 2.37. The number of phenolic OH excluding ortho intramolecular Hbond substituents is 1. The second-order valence-corrected chi connectivity index (χ2v) is 11.7. The number of benzene rings is 3. The Bertz CT molecular complexity index is 1460. The first-order valence-corrected chi connectivity index (χ1v) is 15.4. The van der Waals surface area contributed by atoms with Gasteiger partial charge >= 0.3 is 6.01 Å². The molecule has 1 N–H and O–H groups in total. The van der Waals surface area contributed by atoms with Crippen LogP contribution >= 0.6 is 0 Å². The van der Waals surface area contributed by atoms with E-state index >= 15 is 0 Å². The van der Waals surface area contributed by atoms with Crippen LogP contribution in [0.25, 0.3) is 33.9 Å². The number of unbranched alkanes of at least 4 members (excludes halogenated alkanes) is 9. The molecule has 5 rings (SSSR count). The minimum absolute atomic E-state index is 0.121. The number of para-hydroxylation sites is 1. The van der Waals surface area contributed by atoms with Crippen molar-refractivity contribution >= 4 is 0 Å².